The van der Waals surface area contributed by atoms with Gasteiger partial charge in [-0.05, 0) is 35.7 Å². The van der Waals surface area contributed by atoms with Crippen LogP contribution in [0.1, 0.15) is 11.1 Å². The largest absolute Gasteiger partial charge is 0.367 e. The Hall–Kier alpha value is -2.07. The second-order valence-corrected chi connectivity index (χ2v) is 4.49. The lowest BCUT2D eigenvalue weighted by Crippen LogP contribution is -2.20. The van der Waals surface area contributed by atoms with Crippen LogP contribution in [0.4, 0.5) is 11.5 Å². The zero-order valence-electron chi connectivity index (χ0n) is 10.1. The number of hydrazine groups is 1. The predicted octanol–water partition coefficient (Wildman–Crippen LogP) is 1.93. The quantitative estimate of drug-likeness (QED) is 0.636. The minimum absolute atomic E-state index is 0.708. The number of rotatable bonds is 3. The molecule has 1 aromatic heterocycles. The molecule has 4 nitrogen and oxygen atoms in total. The van der Waals surface area contributed by atoms with E-state index in [-0.39, 0.29) is 0 Å². The lowest BCUT2D eigenvalue weighted by molar-refractivity contribution is 0.834. The van der Waals surface area contributed by atoms with Crippen molar-refractivity contribution in [1.29, 1.82) is 0 Å². The highest BCUT2D eigenvalue weighted by Crippen LogP contribution is 2.28. The van der Waals surface area contributed by atoms with Crippen LogP contribution in [0.15, 0.2) is 42.6 Å². The molecule has 4 heteroatoms. The zero-order chi connectivity index (χ0) is 12.4. The first-order valence-corrected chi connectivity index (χ1v) is 6.11. The molecule has 0 saturated carbocycles. The molecule has 0 saturated heterocycles. The monoisotopic (exact) mass is 240 g/mol. The van der Waals surface area contributed by atoms with Gasteiger partial charge in [-0.3, -0.25) is 0 Å². The van der Waals surface area contributed by atoms with Crippen molar-refractivity contribution in [3.63, 3.8) is 0 Å². The predicted molar refractivity (Wildman–Crippen MR) is 73.2 cm³/mol. The van der Waals surface area contributed by atoms with Crippen molar-refractivity contribution in [2.24, 2.45) is 5.84 Å². The molecule has 2 heterocycles. The Balaban J connectivity index is 1.82. The minimum Gasteiger partial charge on any atom is -0.367 e. The van der Waals surface area contributed by atoms with Gasteiger partial charge in [0.2, 0.25) is 0 Å². The van der Waals surface area contributed by atoms with Crippen molar-refractivity contribution >= 4 is 11.5 Å². The molecule has 0 aliphatic carbocycles. The SMILES string of the molecule is NNc1cc(CN2CCc3ccccc32)ccn1. The summed E-state index contributed by atoms with van der Waals surface area (Å²) in [5, 5.41) is 0. The van der Waals surface area contributed by atoms with Gasteiger partial charge < -0.3 is 10.3 Å². The molecule has 18 heavy (non-hydrogen) atoms. The summed E-state index contributed by atoms with van der Waals surface area (Å²) < 4.78 is 0. The third-order valence-electron chi connectivity index (χ3n) is 3.33. The van der Waals surface area contributed by atoms with Crippen molar-refractivity contribution < 1.29 is 0 Å². The highest BCUT2D eigenvalue weighted by molar-refractivity contribution is 5.58. The second-order valence-electron chi connectivity index (χ2n) is 4.49. The fourth-order valence-corrected chi connectivity index (χ4v) is 2.44. The number of nitrogens with two attached hydrogens (primary N) is 1. The normalized spacial score (nSPS) is 13.5. The number of para-hydroxylation sites is 1. The van der Waals surface area contributed by atoms with E-state index in [1.165, 1.54) is 16.8 Å². The van der Waals surface area contributed by atoms with Crippen LogP contribution < -0.4 is 16.2 Å². The van der Waals surface area contributed by atoms with E-state index in [2.05, 4.69) is 39.6 Å². The summed E-state index contributed by atoms with van der Waals surface area (Å²) in [4.78, 5) is 6.52. The fourth-order valence-electron chi connectivity index (χ4n) is 2.44. The van der Waals surface area contributed by atoms with Crippen molar-refractivity contribution in [2.45, 2.75) is 13.0 Å². The van der Waals surface area contributed by atoms with Crippen LogP contribution in [0.25, 0.3) is 0 Å². The smallest absolute Gasteiger partial charge is 0.140 e. The van der Waals surface area contributed by atoms with E-state index in [9.17, 15) is 0 Å². The van der Waals surface area contributed by atoms with Crippen LogP contribution in [-0.2, 0) is 13.0 Å². The highest BCUT2D eigenvalue weighted by Gasteiger charge is 2.18. The summed E-state index contributed by atoms with van der Waals surface area (Å²) >= 11 is 0. The van der Waals surface area contributed by atoms with E-state index >= 15 is 0 Å². The molecule has 1 aliphatic heterocycles. The molecule has 0 fully saturated rings. The fraction of sp³-hybridized carbons (Fsp3) is 0.214. The molecule has 2 aromatic rings. The number of hydrogen-bond acceptors (Lipinski definition) is 4. The van der Waals surface area contributed by atoms with E-state index < -0.39 is 0 Å². The maximum Gasteiger partial charge on any atom is 0.140 e. The van der Waals surface area contributed by atoms with E-state index in [0.29, 0.717) is 5.82 Å². The van der Waals surface area contributed by atoms with Gasteiger partial charge in [0, 0.05) is 25.0 Å². The topological polar surface area (TPSA) is 54.2 Å². The van der Waals surface area contributed by atoms with E-state index in [1.807, 2.05) is 12.1 Å². The summed E-state index contributed by atoms with van der Waals surface area (Å²) in [6, 6.07) is 12.6. The number of fused-ring (bicyclic) bond motifs is 1. The molecule has 0 amide bonds. The Kier molecular flexibility index (Phi) is 2.86. The lowest BCUT2D eigenvalue weighted by Gasteiger charge is -2.19. The van der Waals surface area contributed by atoms with Crippen molar-refractivity contribution in [1.82, 2.24) is 4.98 Å². The molecule has 92 valence electrons. The standard InChI is InChI=1S/C14H16N4/c15-17-14-9-11(5-7-16-14)10-18-8-6-12-3-1-2-4-13(12)18/h1-5,7,9H,6,8,10,15H2,(H,16,17). The van der Waals surface area contributed by atoms with Gasteiger partial charge in [0.1, 0.15) is 5.82 Å². The summed E-state index contributed by atoms with van der Waals surface area (Å²) in [5.74, 6) is 6.09. The molecular weight excluding hydrogens is 224 g/mol. The number of hydrogen-bond donors (Lipinski definition) is 2. The van der Waals surface area contributed by atoms with Gasteiger partial charge in [-0.25, -0.2) is 10.8 Å². The number of benzene rings is 1. The summed E-state index contributed by atoms with van der Waals surface area (Å²) in [5.41, 5.74) is 6.58. The Bertz CT molecular complexity index is 553. The van der Waals surface area contributed by atoms with Crippen molar-refractivity contribution in [3.05, 3.63) is 53.7 Å². The number of nitrogens with one attached hydrogen (secondary N) is 1. The third-order valence-corrected chi connectivity index (χ3v) is 3.33. The van der Waals surface area contributed by atoms with Gasteiger partial charge in [0.05, 0.1) is 0 Å². The van der Waals surface area contributed by atoms with Gasteiger partial charge >= 0.3 is 0 Å². The first-order chi connectivity index (χ1) is 8.86. The molecule has 0 atom stereocenters. The Labute approximate surface area is 106 Å². The first kappa shape index (κ1) is 11.0. The molecule has 1 aromatic carbocycles. The van der Waals surface area contributed by atoms with Gasteiger partial charge in [0.25, 0.3) is 0 Å². The second kappa shape index (κ2) is 4.66. The number of nitrogens with zero attached hydrogens (tertiary/aromatic N) is 2. The van der Waals surface area contributed by atoms with Crippen molar-refractivity contribution in [3.8, 4) is 0 Å². The van der Waals surface area contributed by atoms with E-state index in [4.69, 9.17) is 5.84 Å². The van der Waals surface area contributed by atoms with Gasteiger partial charge in [-0.15, -0.1) is 0 Å². The Morgan fingerprint density at radius 3 is 3.06 bits per heavy atom. The molecule has 0 spiro atoms. The number of anilines is 2. The van der Waals surface area contributed by atoms with E-state index in [1.54, 1.807) is 6.20 Å². The molecular formula is C14H16N4. The van der Waals surface area contributed by atoms with Crippen molar-refractivity contribution in [2.75, 3.05) is 16.9 Å². The molecule has 1 aliphatic rings. The van der Waals surface area contributed by atoms with Gasteiger partial charge in [-0.1, -0.05) is 18.2 Å². The molecule has 0 radical (unpaired) electrons. The average molecular weight is 240 g/mol. The summed E-state index contributed by atoms with van der Waals surface area (Å²) in [6.45, 7) is 1.97. The van der Waals surface area contributed by atoms with E-state index in [0.717, 1.165) is 19.5 Å². The highest BCUT2D eigenvalue weighted by atomic mass is 15.2. The summed E-state index contributed by atoms with van der Waals surface area (Å²) in [7, 11) is 0. The number of pyridine rings is 1. The van der Waals surface area contributed by atoms with Gasteiger partial charge in [-0.2, -0.15) is 0 Å². The number of aromatic nitrogens is 1. The average Bonchev–Trinajstić information content (AvgIpc) is 2.83. The Morgan fingerprint density at radius 2 is 2.17 bits per heavy atom. The molecule has 3 N–H and O–H groups in total. The maximum absolute atomic E-state index is 5.38. The zero-order valence-corrected chi connectivity index (χ0v) is 10.1. The molecule has 0 unspecified atom stereocenters. The van der Waals surface area contributed by atoms with Gasteiger partial charge in [0.15, 0.2) is 0 Å². The lowest BCUT2D eigenvalue weighted by atomic mass is 10.2. The molecule has 0 bridgehead atoms. The minimum atomic E-state index is 0.708. The van der Waals surface area contributed by atoms with Crippen LogP contribution in [0, 0.1) is 0 Å². The Morgan fingerprint density at radius 1 is 1.28 bits per heavy atom. The first-order valence-electron chi connectivity index (χ1n) is 6.11. The molecule has 3 rings (SSSR count). The van der Waals surface area contributed by atoms with Crippen LogP contribution in [0.2, 0.25) is 0 Å². The summed E-state index contributed by atoms with van der Waals surface area (Å²) in [6.07, 6.45) is 2.91. The van der Waals surface area contributed by atoms with Crippen LogP contribution >= 0.6 is 0 Å². The van der Waals surface area contributed by atoms with Crippen LogP contribution in [-0.4, -0.2) is 11.5 Å². The van der Waals surface area contributed by atoms with Crippen LogP contribution in [0.3, 0.4) is 0 Å². The third kappa shape index (κ3) is 2.02. The maximum atomic E-state index is 5.38. The van der Waals surface area contributed by atoms with Crippen LogP contribution in [0.5, 0.6) is 0 Å². The number of nitrogen functional groups attached to an aromatic ring is 1.